The van der Waals surface area contributed by atoms with E-state index in [-0.39, 0.29) is 10.8 Å². The minimum absolute atomic E-state index is 0.200. The Morgan fingerprint density at radius 2 is 2.05 bits per heavy atom. The summed E-state index contributed by atoms with van der Waals surface area (Å²) in [5.74, 6) is -0.343. The number of thiophene rings is 1. The minimum Gasteiger partial charge on any atom is -0.297 e. The van der Waals surface area contributed by atoms with Crippen LogP contribution in [-0.2, 0) is 10.0 Å². The lowest BCUT2D eigenvalue weighted by Crippen LogP contribution is -2.30. The van der Waals surface area contributed by atoms with Gasteiger partial charge in [-0.25, -0.2) is 13.4 Å². The summed E-state index contributed by atoms with van der Waals surface area (Å²) in [6.45, 7) is 6.09. The molecular weight excluding hydrogens is 342 g/mol. The van der Waals surface area contributed by atoms with Gasteiger partial charge in [0.05, 0.1) is 9.77 Å². The van der Waals surface area contributed by atoms with Gasteiger partial charge in [0.15, 0.2) is 5.13 Å². The third kappa shape index (κ3) is 3.37. The van der Waals surface area contributed by atoms with Crippen LogP contribution in [0.1, 0.15) is 28.4 Å². The quantitative estimate of drug-likeness (QED) is 0.860. The van der Waals surface area contributed by atoms with E-state index in [1.165, 1.54) is 33.0 Å². The Morgan fingerprint density at radius 3 is 2.59 bits per heavy atom. The molecule has 0 fully saturated rings. The first kappa shape index (κ1) is 17.1. The predicted octanol–water partition coefficient (Wildman–Crippen LogP) is 2.80. The third-order valence-corrected chi connectivity index (χ3v) is 7.12. The smallest absolute Gasteiger partial charge is 0.267 e. The van der Waals surface area contributed by atoms with Crippen molar-refractivity contribution < 1.29 is 13.2 Å². The fourth-order valence-corrected chi connectivity index (χ4v) is 5.42. The molecule has 22 heavy (non-hydrogen) atoms. The molecule has 9 heteroatoms. The number of hydrogen-bond acceptors (Lipinski definition) is 6. The van der Waals surface area contributed by atoms with Crippen molar-refractivity contribution in [3.05, 3.63) is 27.4 Å². The van der Waals surface area contributed by atoms with Crippen molar-refractivity contribution in [2.75, 3.05) is 18.4 Å². The SMILES string of the molecule is CCN(CC)S(=O)(=O)c1cc(C(=O)Nc2nccs2)sc1C. The Bertz CT molecular complexity index is 747. The van der Waals surface area contributed by atoms with Crippen LogP contribution in [0, 0.1) is 6.92 Å². The molecule has 1 amide bonds. The van der Waals surface area contributed by atoms with Crippen molar-refractivity contribution in [3.63, 3.8) is 0 Å². The third-order valence-electron chi connectivity index (χ3n) is 3.07. The van der Waals surface area contributed by atoms with Crippen LogP contribution in [0.4, 0.5) is 5.13 Å². The lowest BCUT2D eigenvalue weighted by atomic mass is 10.4. The maximum absolute atomic E-state index is 12.6. The fourth-order valence-electron chi connectivity index (χ4n) is 1.98. The van der Waals surface area contributed by atoms with Crippen molar-refractivity contribution >= 4 is 43.7 Å². The Hall–Kier alpha value is -1.29. The van der Waals surface area contributed by atoms with Crippen LogP contribution in [0.3, 0.4) is 0 Å². The van der Waals surface area contributed by atoms with Crippen LogP contribution in [0.15, 0.2) is 22.5 Å². The molecule has 2 aromatic heterocycles. The zero-order valence-corrected chi connectivity index (χ0v) is 14.9. The molecule has 0 aliphatic heterocycles. The standard InChI is InChI=1S/C13H17N3O3S3/c1-4-16(5-2)22(18,19)11-8-10(21-9(11)3)12(17)15-13-14-6-7-20-13/h6-8H,4-5H2,1-3H3,(H,14,15,17). The summed E-state index contributed by atoms with van der Waals surface area (Å²) in [7, 11) is -3.56. The highest BCUT2D eigenvalue weighted by Crippen LogP contribution is 2.29. The molecule has 0 radical (unpaired) electrons. The molecule has 2 heterocycles. The number of aryl methyl sites for hydroxylation is 1. The molecule has 2 rings (SSSR count). The van der Waals surface area contributed by atoms with Crippen molar-refractivity contribution in [1.82, 2.24) is 9.29 Å². The zero-order chi connectivity index (χ0) is 16.3. The molecule has 2 aromatic rings. The Kier molecular flexibility index (Phi) is 5.32. The van der Waals surface area contributed by atoms with Crippen molar-refractivity contribution in [2.24, 2.45) is 0 Å². The van der Waals surface area contributed by atoms with E-state index in [4.69, 9.17) is 0 Å². The average Bonchev–Trinajstić information content (AvgIpc) is 3.09. The van der Waals surface area contributed by atoms with E-state index >= 15 is 0 Å². The van der Waals surface area contributed by atoms with E-state index in [2.05, 4.69) is 10.3 Å². The van der Waals surface area contributed by atoms with E-state index in [9.17, 15) is 13.2 Å². The van der Waals surface area contributed by atoms with Gasteiger partial charge in [-0.15, -0.1) is 22.7 Å². The highest BCUT2D eigenvalue weighted by atomic mass is 32.2. The lowest BCUT2D eigenvalue weighted by molar-refractivity contribution is 0.103. The topological polar surface area (TPSA) is 79.4 Å². The van der Waals surface area contributed by atoms with Gasteiger partial charge in [-0.2, -0.15) is 4.31 Å². The highest BCUT2D eigenvalue weighted by molar-refractivity contribution is 7.89. The van der Waals surface area contributed by atoms with Gasteiger partial charge in [-0.05, 0) is 13.0 Å². The number of carbonyl (C=O) groups is 1. The predicted molar refractivity (Wildman–Crippen MR) is 89.2 cm³/mol. The van der Waals surface area contributed by atoms with Gasteiger partial charge < -0.3 is 0 Å². The summed E-state index contributed by atoms with van der Waals surface area (Å²) in [5.41, 5.74) is 0. The Labute approximate surface area is 137 Å². The monoisotopic (exact) mass is 359 g/mol. The molecule has 0 saturated heterocycles. The number of aromatic nitrogens is 1. The summed E-state index contributed by atoms with van der Waals surface area (Å²) < 4.78 is 26.5. The van der Waals surface area contributed by atoms with Gasteiger partial charge in [0, 0.05) is 29.5 Å². The molecule has 0 aromatic carbocycles. The van der Waals surface area contributed by atoms with Gasteiger partial charge in [0.2, 0.25) is 10.0 Å². The highest BCUT2D eigenvalue weighted by Gasteiger charge is 2.27. The van der Waals surface area contributed by atoms with Gasteiger partial charge >= 0.3 is 0 Å². The Balaban J connectivity index is 2.30. The van der Waals surface area contributed by atoms with E-state index in [0.717, 1.165) is 0 Å². The van der Waals surface area contributed by atoms with E-state index in [0.29, 0.717) is 28.0 Å². The van der Waals surface area contributed by atoms with Crippen LogP contribution in [0.5, 0.6) is 0 Å². The van der Waals surface area contributed by atoms with Crippen LogP contribution in [-0.4, -0.2) is 36.7 Å². The number of thiazole rings is 1. The molecule has 6 nitrogen and oxygen atoms in total. The second-order valence-electron chi connectivity index (χ2n) is 4.41. The second kappa shape index (κ2) is 6.86. The lowest BCUT2D eigenvalue weighted by Gasteiger charge is -2.17. The summed E-state index contributed by atoms with van der Waals surface area (Å²) >= 11 is 2.48. The average molecular weight is 359 g/mol. The molecular formula is C13H17N3O3S3. The Morgan fingerprint density at radius 1 is 1.36 bits per heavy atom. The molecule has 1 N–H and O–H groups in total. The maximum Gasteiger partial charge on any atom is 0.267 e. The van der Waals surface area contributed by atoms with Crippen molar-refractivity contribution in [3.8, 4) is 0 Å². The zero-order valence-electron chi connectivity index (χ0n) is 12.5. The first-order chi connectivity index (χ1) is 10.4. The maximum atomic E-state index is 12.6. The molecule has 0 unspecified atom stereocenters. The molecule has 120 valence electrons. The van der Waals surface area contributed by atoms with Gasteiger partial charge in [-0.1, -0.05) is 13.8 Å². The number of rotatable bonds is 6. The molecule has 0 bridgehead atoms. The summed E-state index contributed by atoms with van der Waals surface area (Å²) in [5, 5.41) is 4.90. The van der Waals surface area contributed by atoms with Crippen LogP contribution in [0.2, 0.25) is 0 Å². The van der Waals surface area contributed by atoms with Gasteiger partial charge in [0.25, 0.3) is 5.91 Å². The fraction of sp³-hybridized carbons (Fsp3) is 0.385. The molecule has 0 atom stereocenters. The minimum atomic E-state index is -3.56. The summed E-state index contributed by atoms with van der Waals surface area (Å²) in [6.07, 6.45) is 1.59. The van der Waals surface area contributed by atoms with Gasteiger partial charge in [0.1, 0.15) is 0 Å². The number of hydrogen-bond donors (Lipinski definition) is 1. The van der Waals surface area contributed by atoms with E-state index < -0.39 is 10.0 Å². The van der Waals surface area contributed by atoms with Crippen molar-refractivity contribution in [2.45, 2.75) is 25.7 Å². The number of sulfonamides is 1. The normalized spacial score (nSPS) is 11.8. The van der Waals surface area contributed by atoms with E-state index in [1.807, 2.05) is 0 Å². The molecule has 0 aliphatic carbocycles. The summed E-state index contributed by atoms with van der Waals surface area (Å²) in [6, 6.07) is 1.44. The first-order valence-electron chi connectivity index (χ1n) is 6.71. The van der Waals surface area contributed by atoms with Gasteiger partial charge in [-0.3, -0.25) is 10.1 Å². The first-order valence-corrected chi connectivity index (χ1v) is 9.85. The second-order valence-corrected chi connectivity index (χ2v) is 8.47. The molecule has 0 aliphatic rings. The van der Waals surface area contributed by atoms with Crippen LogP contribution < -0.4 is 5.32 Å². The number of carbonyl (C=O) groups excluding carboxylic acids is 1. The molecule has 0 saturated carbocycles. The number of amides is 1. The van der Waals surface area contributed by atoms with Crippen LogP contribution >= 0.6 is 22.7 Å². The van der Waals surface area contributed by atoms with Crippen LogP contribution in [0.25, 0.3) is 0 Å². The summed E-state index contributed by atoms with van der Waals surface area (Å²) in [4.78, 5) is 17.3. The number of nitrogens with zero attached hydrogens (tertiary/aromatic N) is 2. The molecule has 0 spiro atoms. The van der Waals surface area contributed by atoms with E-state index in [1.54, 1.807) is 32.3 Å². The largest absolute Gasteiger partial charge is 0.297 e. The number of nitrogens with one attached hydrogen (secondary N) is 1. The number of anilines is 1. The van der Waals surface area contributed by atoms with Crippen molar-refractivity contribution in [1.29, 1.82) is 0 Å².